The average Bonchev–Trinajstić information content (AvgIpc) is 2.67. The van der Waals surface area contributed by atoms with Crippen LogP contribution >= 0.6 is 0 Å². The summed E-state index contributed by atoms with van der Waals surface area (Å²) in [5.74, 6) is 0.545. The van der Waals surface area contributed by atoms with Gasteiger partial charge in [-0.2, -0.15) is 5.10 Å². The molecule has 2 rings (SSSR count). The molecule has 4 nitrogen and oxygen atoms in total. The minimum absolute atomic E-state index is 0.545. The van der Waals surface area contributed by atoms with Gasteiger partial charge in [-0.25, -0.2) is 4.98 Å². The van der Waals surface area contributed by atoms with Crippen LogP contribution < -0.4 is 5.73 Å². The highest BCUT2D eigenvalue weighted by atomic mass is 15.3. The third kappa shape index (κ3) is 1.46. The highest BCUT2D eigenvalue weighted by Crippen LogP contribution is 2.22. The van der Waals surface area contributed by atoms with E-state index in [1.807, 2.05) is 29.9 Å². The number of hydrogen-bond acceptors (Lipinski definition) is 3. The lowest BCUT2D eigenvalue weighted by atomic mass is 10.1. The summed E-state index contributed by atoms with van der Waals surface area (Å²) in [4.78, 5) is 4.03. The number of hydrogen-bond donors (Lipinski definition) is 1. The maximum Gasteiger partial charge on any atom is 0.131 e. The number of pyridine rings is 1. The smallest absolute Gasteiger partial charge is 0.131 e. The first-order valence-electron chi connectivity index (χ1n) is 4.54. The molecule has 0 fully saturated rings. The van der Waals surface area contributed by atoms with Gasteiger partial charge in [-0.3, -0.25) is 4.68 Å². The highest BCUT2D eigenvalue weighted by Gasteiger charge is 2.04. The van der Waals surface area contributed by atoms with Gasteiger partial charge < -0.3 is 5.73 Å². The molecule has 2 N–H and O–H groups in total. The monoisotopic (exact) mass is 188 g/mol. The summed E-state index contributed by atoms with van der Waals surface area (Å²) in [5.41, 5.74) is 7.70. The zero-order valence-corrected chi connectivity index (χ0v) is 8.01. The van der Waals surface area contributed by atoms with Gasteiger partial charge in [0.15, 0.2) is 0 Å². The van der Waals surface area contributed by atoms with Crippen molar-refractivity contribution < 1.29 is 0 Å². The Bertz CT molecular complexity index is 433. The maximum atomic E-state index is 5.76. The van der Waals surface area contributed by atoms with Crippen LogP contribution in [0.4, 0.5) is 5.82 Å². The van der Waals surface area contributed by atoms with Crippen LogP contribution in [0.3, 0.4) is 0 Å². The summed E-state index contributed by atoms with van der Waals surface area (Å²) in [6.07, 6.45) is 5.45. The predicted octanol–water partition coefficient (Wildman–Crippen LogP) is 1.55. The first-order chi connectivity index (χ1) is 6.81. The van der Waals surface area contributed by atoms with Gasteiger partial charge in [-0.1, -0.05) is 0 Å². The number of nitrogens with two attached hydrogens (primary N) is 1. The summed E-state index contributed by atoms with van der Waals surface area (Å²) in [6.45, 7) is 2.91. The van der Waals surface area contributed by atoms with E-state index in [1.165, 1.54) is 0 Å². The van der Waals surface area contributed by atoms with E-state index in [0.29, 0.717) is 5.82 Å². The molecular weight excluding hydrogens is 176 g/mol. The van der Waals surface area contributed by atoms with Crippen LogP contribution in [0.1, 0.15) is 6.92 Å². The lowest BCUT2D eigenvalue weighted by molar-refractivity contribution is 0.660. The van der Waals surface area contributed by atoms with Crippen molar-refractivity contribution in [2.24, 2.45) is 0 Å². The van der Waals surface area contributed by atoms with Gasteiger partial charge in [-0.15, -0.1) is 0 Å². The molecule has 72 valence electrons. The van der Waals surface area contributed by atoms with Gasteiger partial charge in [0.25, 0.3) is 0 Å². The van der Waals surface area contributed by atoms with E-state index in [2.05, 4.69) is 10.1 Å². The van der Waals surface area contributed by atoms with Crippen molar-refractivity contribution in [1.29, 1.82) is 0 Å². The van der Waals surface area contributed by atoms with Crippen LogP contribution in [0, 0.1) is 0 Å². The van der Waals surface area contributed by atoms with Crippen molar-refractivity contribution in [1.82, 2.24) is 14.8 Å². The molecule has 0 aliphatic carbocycles. The molecule has 0 saturated heterocycles. The molecule has 2 heterocycles. The van der Waals surface area contributed by atoms with Crippen LogP contribution in [0.15, 0.2) is 30.7 Å². The van der Waals surface area contributed by atoms with E-state index in [1.54, 1.807) is 12.4 Å². The molecule has 4 heteroatoms. The van der Waals surface area contributed by atoms with Crippen molar-refractivity contribution in [2.75, 3.05) is 5.73 Å². The summed E-state index contributed by atoms with van der Waals surface area (Å²) in [6, 6.07) is 3.81. The van der Waals surface area contributed by atoms with Crippen LogP contribution in [-0.2, 0) is 6.54 Å². The Morgan fingerprint density at radius 2 is 2.36 bits per heavy atom. The van der Waals surface area contributed by atoms with Crippen molar-refractivity contribution in [3.05, 3.63) is 30.7 Å². The molecule has 0 bridgehead atoms. The molecule has 0 aliphatic rings. The van der Waals surface area contributed by atoms with Crippen LogP contribution in [0.2, 0.25) is 0 Å². The molecule has 0 radical (unpaired) electrons. The number of nitrogens with zero attached hydrogens (tertiary/aromatic N) is 3. The topological polar surface area (TPSA) is 56.7 Å². The van der Waals surface area contributed by atoms with Crippen molar-refractivity contribution in [3.8, 4) is 11.1 Å². The molecule has 0 saturated carbocycles. The standard InChI is InChI=1S/C10H12N4/c1-2-14-7-8(6-13-14)9-4-3-5-12-10(9)11/h3-7H,2H2,1H3,(H2,11,12). The SMILES string of the molecule is CCn1cc(-c2cccnc2N)cn1. The average molecular weight is 188 g/mol. The lowest BCUT2D eigenvalue weighted by Crippen LogP contribution is -1.93. The molecule has 0 atom stereocenters. The molecule has 14 heavy (non-hydrogen) atoms. The molecule has 2 aromatic heterocycles. The van der Waals surface area contributed by atoms with E-state index in [-0.39, 0.29) is 0 Å². The summed E-state index contributed by atoms with van der Waals surface area (Å²) in [7, 11) is 0. The van der Waals surface area contributed by atoms with E-state index in [0.717, 1.165) is 17.7 Å². The number of aryl methyl sites for hydroxylation is 1. The summed E-state index contributed by atoms with van der Waals surface area (Å²) in [5, 5.41) is 4.19. The second kappa shape index (κ2) is 3.49. The van der Waals surface area contributed by atoms with Gasteiger partial charge >= 0.3 is 0 Å². The first-order valence-corrected chi connectivity index (χ1v) is 4.54. The second-order valence-corrected chi connectivity index (χ2v) is 3.02. The fourth-order valence-electron chi connectivity index (χ4n) is 1.34. The zero-order valence-electron chi connectivity index (χ0n) is 8.01. The lowest BCUT2D eigenvalue weighted by Gasteiger charge is -1.99. The molecule has 0 aliphatic heterocycles. The molecule has 0 unspecified atom stereocenters. The Balaban J connectivity index is 2.44. The van der Waals surface area contributed by atoms with Crippen LogP contribution in [-0.4, -0.2) is 14.8 Å². The van der Waals surface area contributed by atoms with Crippen LogP contribution in [0.5, 0.6) is 0 Å². The Hall–Kier alpha value is -1.84. The number of anilines is 1. The van der Waals surface area contributed by atoms with Gasteiger partial charge in [0, 0.05) is 30.1 Å². The first kappa shape index (κ1) is 8.74. The molecule has 0 amide bonds. The van der Waals surface area contributed by atoms with Gasteiger partial charge in [-0.05, 0) is 19.1 Å². The maximum absolute atomic E-state index is 5.76. The summed E-state index contributed by atoms with van der Waals surface area (Å²) >= 11 is 0. The van der Waals surface area contributed by atoms with E-state index in [4.69, 9.17) is 5.73 Å². The van der Waals surface area contributed by atoms with Crippen molar-refractivity contribution in [3.63, 3.8) is 0 Å². The predicted molar refractivity (Wildman–Crippen MR) is 55.5 cm³/mol. The zero-order chi connectivity index (χ0) is 9.97. The summed E-state index contributed by atoms with van der Waals surface area (Å²) < 4.78 is 1.86. The van der Waals surface area contributed by atoms with Crippen molar-refractivity contribution >= 4 is 5.82 Å². The fourth-order valence-corrected chi connectivity index (χ4v) is 1.34. The van der Waals surface area contributed by atoms with E-state index < -0.39 is 0 Å². The Morgan fingerprint density at radius 3 is 3.00 bits per heavy atom. The van der Waals surface area contributed by atoms with Crippen molar-refractivity contribution in [2.45, 2.75) is 13.5 Å². The van der Waals surface area contributed by atoms with E-state index in [9.17, 15) is 0 Å². The minimum atomic E-state index is 0.545. The van der Waals surface area contributed by atoms with E-state index >= 15 is 0 Å². The Morgan fingerprint density at radius 1 is 1.50 bits per heavy atom. The fraction of sp³-hybridized carbons (Fsp3) is 0.200. The molecule has 2 aromatic rings. The Labute approximate surface area is 82.4 Å². The highest BCUT2D eigenvalue weighted by molar-refractivity contribution is 5.72. The van der Waals surface area contributed by atoms with Gasteiger partial charge in [0.2, 0.25) is 0 Å². The third-order valence-corrected chi connectivity index (χ3v) is 2.11. The number of rotatable bonds is 2. The Kier molecular flexibility index (Phi) is 2.18. The van der Waals surface area contributed by atoms with Crippen LogP contribution in [0.25, 0.3) is 11.1 Å². The molecular formula is C10H12N4. The quantitative estimate of drug-likeness (QED) is 0.777. The van der Waals surface area contributed by atoms with Gasteiger partial charge in [0.1, 0.15) is 5.82 Å². The molecule has 0 spiro atoms. The minimum Gasteiger partial charge on any atom is -0.383 e. The third-order valence-electron chi connectivity index (χ3n) is 2.11. The molecule has 0 aromatic carbocycles. The number of aromatic nitrogens is 3. The number of nitrogen functional groups attached to an aromatic ring is 1. The largest absolute Gasteiger partial charge is 0.383 e. The van der Waals surface area contributed by atoms with Gasteiger partial charge in [0.05, 0.1) is 6.20 Å². The second-order valence-electron chi connectivity index (χ2n) is 3.02. The normalized spacial score (nSPS) is 10.4.